The first-order valence-corrected chi connectivity index (χ1v) is 6.22. The second kappa shape index (κ2) is 5.42. The van der Waals surface area contributed by atoms with Gasteiger partial charge in [0.2, 0.25) is 0 Å². The first kappa shape index (κ1) is 12.9. The Balaban J connectivity index is 2.34. The molecule has 0 aliphatic heterocycles. The molecule has 0 amide bonds. The van der Waals surface area contributed by atoms with Crippen LogP contribution in [0.1, 0.15) is 12.5 Å². The van der Waals surface area contributed by atoms with E-state index in [0.717, 1.165) is 11.3 Å². The van der Waals surface area contributed by atoms with E-state index < -0.39 is 5.54 Å². The lowest BCUT2D eigenvalue weighted by molar-refractivity contribution is 0.224. The molecule has 0 spiro atoms. The van der Waals surface area contributed by atoms with Gasteiger partial charge in [-0.15, -0.1) is 0 Å². The monoisotopic (exact) mass is 261 g/mol. The normalized spacial score (nSPS) is 13.9. The lowest BCUT2D eigenvalue weighted by Gasteiger charge is -2.31. The van der Waals surface area contributed by atoms with Crippen LogP contribution in [-0.4, -0.2) is 11.7 Å². The van der Waals surface area contributed by atoms with Gasteiger partial charge in [0.1, 0.15) is 0 Å². The van der Waals surface area contributed by atoms with Crippen LogP contribution in [-0.2, 0) is 5.54 Å². The van der Waals surface area contributed by atoms with E-state index in [2.05, 4.69) is 5.32 Å². The van der Waals surface area contributed by atoms with Crippen molar-refractivity contribution in [3.63, 3.8) is 0 Å². The molecule has 0 heterocycles. The topological polar surface area (TPSA) is 32.3 Å². The van der Waals surface area contributed by atoms with Gasteiger partial charge in [0.15, 0.2) is 0 Å². The molecule has 1 atom stereocenters. The molecule has 2 N–H and O–H groups in total. The van der Waals surface area contributed by atoms with Gasteiger partial charge in [-0.25, -0.2) is 0 Å². The summed E-state index contributed by atoms with van der Waals surface area (Å²) in [5.41, 5.74) is 1.24. The van der Waals surface area contributed by atoms with E-state index >= 15 is 0 Å². The van der Waals surface area contributed by atoms with E-state index in [-0.39, 0.29) is 6.61 Å². The number of hydrogen-bond acceptors (Lipinski definition) is 2. The number of hydrogen-bond donors (Lipinski definition) is 2. The minimum atomic E-state index is -0.598. The quantitative estimate of drug-likeness (QED) is 0.880. The van der Waals surface area contributed by atoms with Crippen LogP contribution >= 0.6 is 11.6 Å². The number of aliphatic hydroxyl groups is 1. The van der Waals surface area contributed by atoms with Gasteiger partial charge < -0.3 is 10.4 Å². The molecule has 0 aromatic heterocycles. The Bertz CT molecular complexity index is 515. The Morgan fingerprint density at radius 3 is 2.28 bits per heavy atom. The van der Waals surface area contributed by atoms with Crippen LogP contribution in [0.3, 0.4) is 0 Å². The standard InChI is InChI=1S/C15H16ClNO/c1-15(11-18,13-9-5-6-10-14(13)16)17-12-7-3-2-4-8-12/h2-10,17-18H,11H2,1H3. The Hall–Kier alpha value is -1.51. The first-order chi connectivity index (χ1) is 8.65. The fraction of sp³-hybridized carbons (Fsp3) is 0.200. The highest BCUT2D eigenvalue weighted by molar-refractivity contribution is 6.31. The van der Waals surface area contributed by atoms with E-state index in [1.54, 1.807) is 0 Å². The lowest BCUT2D eigenvalue weighted by atomic mass is 9.92. The van der Waals surface area contributed by atoms with Gasteiger partial charge in [-0.05, 0) is 30.7 Å². The Kier molecular flexibility index (Phi) is 3.90. The van der Waals surface area contributed by atoms with Crippen LogP contribution in [0.5, 0.6) is 0 Å². The molecular weight excluding hydrogens is 246 g/mol. The fourth-order valence-corrected chi connectivity index (χ4v) is 2.29. The lowest BCUT2D eigenvalue weighted by Crippen LogP contribution is -2.36. The highest BCUT2D eigenvalue weighted by Gasteiger charge is 2.27. The van der Waals surface area contributed by atoms with Gasteiger partial charge in [-0.1, -0.05) is 48.0 Å². The van der Waals surface area contributed by atoms with Crippen molar-refractivity contribution < 1.29 is 5.11 Å². The Morgan fingerprint density at radius 1 is 1.06 bits per heavy atom. The molecule has 94 valence electrons. The summed E-state index contributed by atoms with van der Waals surface area (Å²) in [4.78, 5) is 0. The van der Waals surface area contributed by atoms with Crippen molar-refractivity contribution in [3.05, 3.63) is 65.2 Å². The molecule has 2 rings (SSSR count). The number of anilines is 1. The number of nitrogens with one attached hydrogen (secondary N) is 1. The molecule has 0 fully saturated rings. The van der Waals surface area contributed by atoms with Crippen molar-refractivity contribution >= 4 is 17.3 Å². The van der Waals surface area contributed by atoms with Crippen molar-refractivity contribution in [2.45, 2.75) is 12.5 Å². The average Bonchev–Trinajstić information content (AvgIpc) is 2.40. The van der Waals surface area contributed by atoms with Crippen LogP contribution in [0.2, 0.25) is 5.02 Å². The minimum Gasteiger partial charge on any atom is -0.394 e. The van der Waals surface area contributed by atoms with Crippen molar-refractivity contribution in [2.75, 3.05) is 11.9 Å². The van der Waals surface area contributed by atoms with Gasteiger partial charge in [-0.2, -0.15) is 0 Å². The molecular formula is C15H16ClNO. The first-order valence-electron chi connectivity index (χ1n) is 5.85. The maximum absolute atomic E-state index is 9.70. The number of rotatable bonds is 4. The summed E-state index contributed by atoms with van der Waals surface area (Å²) in [5.74, 6) is 0. The highest BCUT2D eigenvalue weighted by Crippen LogP contribution is 2.30. The van der Waals surface area contributed by atoms with Crippen LogP contribution in [0.15, 0.2) is 54.6 Å². The molecule has 0 aliphatic carbocycles. The fourth-order valence-electron chi connectivity index (χ4n) is 1.94. The third-order valence-corrected chi connectivity index (χ3v) is 3.31. The number of benzene rings is 2. The largest absolute Gasteiger partial charge is 0.394 e. The van der Waals surface area contributed by atoms with Crippen LogP contribution in [0, 0.1) is 0 Å². The van der Waals surface area contributed by atoms with E-state index in [1.165, 1.54) is 0 Å². The smallest absolute Gasteiger partial charge is 0.0842 e. The summed E-state index contributed by atoms with van der Waals surface area (Å²) >= 11 is 6.20. The third-order valence-electron chi connectivity index (χ3n) is 2.98. The zero-order chi connectivity index (χ0) is 13.0. The molecule has 0 aliphatic rings. The highest BCUT2D eigenvalue weighted by atomic mass is 35.5. The van der Waals surface area contributed by atoms with E-state index in [1.807, 2.05) is 61.5 Å². The van der Waals surface area contributed by atoms with Gasteiger partial charge in [0.25, 0.3) is 0 Å². The molecule has 0 radical (unpaired) electrons. The SMILES string of the molecule is CC(CO)(Nc1ccccc1)c1ccccc1Cl. The van der Waals surface area contributed by atoms with E-state index in [9.17, 15) is 5.11 Å². The summed E-state index contributed by atoms with van der Waals surface area (Å²) in [6, 6.07) is 17.3. The zero-order valence-corrected chi connectivity index (χ0v) is 11.0. The molecule has 2 nitrogen and oxygen atoms in total. The number of para-hydroxylation sites is 1. The van der Waals surface area contributed by atoms with Crippen LogP contribution in [0.25, 0.3) is 0 Å². The second-order valence-corrected chi connectivity index (χ2v) is 4.87. The predicted molar refractivity (Wildman–Crippen MR) is 76.0 cm³/mol. The van der Waals surface area contributed by atoms with Crippen LogP contribution in [0.4, 0.5) is 5.69 Å². The van der Waals surface area contributed by atoms with Crippen molar-refractivity contribution in [1.29, 1.82) is 0 Å². The molecule has 1 unspecified atom stereocenters. The summed E-state index contributed by atoms with van der Waals surface area (Å²) in [6.07, 6.45) is 0. The van der Waals surface area contributed by atoms with Crippen molar-refractivity contribution in [2.24, 2.45) is 0 Å². The molecule has 2 aromatic carbocycles. The maximum atomic E-state index is 9.70. The van der Waals surface area contributed by atoms with Gasteiger partial charge >= 0.3 is 0 Å². The predicted octanol–water partition coefficient (Wildman–Crippen LogP) is 3.66. The van der Waals surface area contributed by atoms with Crippen molar-refractivity contribution in [3.8, 4) is 0 Å². The van der Waals surface area contributed by atoms with Crippen LogP contribution < -0.4 is 5.32 Å². The summed E-state index contributed by atoms with van der Waals surface area (Å²) in [6.45, 7) is 1.90. The molecule has 0 bridgehead atoms. The van der Waals surface area contributed by atoms with Gasteiger partial charge in [0.05, 0.1) is 12.1 Å². The Labute approximate surface area is 112 Å². The molecule has 0 saturated heterocycles. The average molecular weight is 262 g/mol. The minimum absolute atomic E-state index is 0.0361. The van der Waals surface area contributed by atoms with Gasteiger partial charge in [-0.3, -0.25) is 0 Å². The number of halogens is 1. The maximum Gasteiger partial charge on any atom is 0.0842 e. The molecule has 18 heavy (non-hydrogen) atoms. The van der Waals surface area contributed by atoms with Crippen molar-refractivity contribution in [1.82, 2.24) is 0 Å². The number of aliphatic hydroxyl groups excluding tert-OH is 1. The Morgan fingerprint density at radius 2 is 1.67 bits per heavy atom. The third kappa shape index (κ3) is 2.66. The second-order valence-electron chi connectivity index (χ2n) is 4.46. The van der Waals surface area contributed by atoms with E-state index in [4.69, 9.17) is 11.6 Å². The molecule has 0 saturated carbocycles. The molecule has 3 heteroatoms. The van der Waals surface area contributed by atoms with E-state index in [0.29, 0.717) is 5.02 Å². The summed E-state index contributed by atoms with van der Waals surface area (Å²) in [7, 11) is 0. The summed E-state index contributed by atoms with van der Waals surface area (Å²) < 4.78 is 0. The zero-order valence-electron chi connectivity index (χ0n) is 10.2. The molecule has 2 aromatic rings. The van der Waals surface area contributed by atoms with Gasteiger partial charge in [0, 0.05) is 10.7 Å². The summed E-state index contributed by atoms with van der Waals surface area (Å²) in [5, 5.41) is 13.7.